The molecule has 0 aliphatic heterocycles. The number of ether oxygens (including phenoxy) is 2. The van der Waals surface area contributed by atoms with Crippen LogP contribution >= 0.6 is 0 Å². The number of sulfonamides is 1. The first-order valence-electron chi connectivity index (χ1n) is 6.05. The van der Waals surface area contributed by atoms with Crippen molar-refractivity contribution in [2.45, 2.75) is 18.2 Å². The largest absolute Gasteiger partial charge is 0.491 e. The van der Waals surface area contributed by atoms with E-state index in [1.54, 1.807) is 6.07 Å². The van der Waals surface area contributed by atoms with Gasteiger partial charge in [-0.2, -0.15) is 0 Å². The van der Waals surface area contributed by atoms with Crippen molar-refractivity contribution in [2.24, 2.45) is 0 Å². The lowest BCUT2D eigenvalue weighted by Crippen LogP contribution is -2.19. The van der Waals surface area contributed by atoms with Gasteiger partial charge in [-0.25, -0.2) is 13.1 Å². The predicted molar refractivity (Wildman–Crippen MR) is 73.7 cm³/mol. The first-order chi connectivity index (χ1) is 9.01. The van der Waals surface area contributed by atoms with Crippen molar-refractivity contribution in [2.75, 3.05) is 32.6 Å². The maximum Gasteiger partial charge on any atom is 0.242 e. The minimum absolute atomic E-state index is 0.0459. The fraction of sp³-hybridized carbons (Fsp3) is 0.500. The first kappa shape index (κ1) is 15.7. The molecular formula is C12H20N2O4S. The number of nitrogen functional groups attached to an aromatic ring is 1. The Balaban J connectivity index is 2.62. The standard InChI is InChI=1S/C12H20N2O4S/c1-3-6-17-7-8-18-10-4-5-12(11(13)9-10)19(15,16)14-2/h4-5,9,14H,3,6-8,13H2,1-2H3. The molecule has 1 rings (SSSR count). The lowest BCUT2D eigenvalue weighted by Gasteiger charge is -2.10. The fourth-order valence-electron chi connectivity index (χ4n) is 1.44. The minimum Gasteiger partial charge on any atom is -0.491 e. The number of benzene rings is 1. The average Bonchev–Trinajstić information content (AvgIpc) is 2.38. The van der Waals surface area contributed by atoms with Crippen molar-refractivity contribution in [3.05, 3.63) is 18.2 Å². The topological polar surface area (TPSA) is 90.6 Å². The molecule has 19 heavy (non-hydrogen) atoms. The van der Waals surface area contributed by atoms with Crippen molar-refractivity contribution < 1.29 is 17.9 Å². The third-order valence-electron chi connectivity index (χ3n) is 2.38. The molecule has 0 unspecified atom stereocenters. The maximum absolute atomic E-state index is 11.6. The van der Waals surface area contributed by atoms with Crippen LogP contribution in [0.5, 0.6) is 5.75 Å². The molecule has 0 radical (unpaired) electrons. The summed E-state index contributed by atoms with van der Waals surface area (Å²) in [6, 6.07) is 4.48. The molecule has 0 amide bonds. The van der Waals surface area contributed by atoms with Crippen LogP contribution in [0.1, 0.15) is 13.3 Å². The van der Waals surface area contributed by atoms with Gasteiger partial charge >= 0.3 is 0 Å². The molecule has 0 bridgehead atoms. The van der Waals surface area contributed by atoms with Gasteiger partial charge in [0.15, 0.2) is 0 Å². The second-order valence-corrected chi connectivity index (χ2v) is 5.72. The summed E-state index contributed by atoms with van der Waals surface area (Å²) in [5.74, 6) is 0.521. The third-order valence-corrected chi connectivity index (χ3v) is 3.87. The molecule has 0 heterocycles. The Morgan fingerprint density at radius 3 is 2.58 bits per heavy atom. The molecule has 0 aliphatic carbocycles. The van der Waals surface area contributed by atoms with Crippen LogP contribution in [-0.2, 0) is 14.8 Å². The maximum atomic E-state index is 11.6. The van der Waals surface area contributed by atoms with Crippen molar-refractivity contribution in [3.8, 4) is 5.75 Å². The molecule has 6 nitrogen and oxygen atoms in total. The highest BCUT2D eigenvalue weighted by molar-refractivity contribution is 7.89. The van der Waals surface area contributed by atoms with Crippen LogP contribution in [0, 0.1) is 0 Å². The van der Waals surface area contributed by atoms with Gasteiger partial charge < -0.3 is 15.2 Å². The van der Waals surface area contributed by atoms with Crippen LogP contribution in [0.2, 0.25) is 0 Å². The summed E-state index contributed by atoms with van der Waals surface area (Å²) in [6.45, 7) is 3.62. The first-order valence-corrected chi connectivity index (χ1v) is 7.53. The van der Waals surface area contributed by atoms with Crippen LogP contribution in [-0.4, -0.2) is 35.3 Å². The van der Waals surface area contributed by atoms with Gasteiger partial charge in [0.1, 0.15) is 17.3 Å². The van der Waals surface area contributed by atoms with Crippen LogP contribution < -0.4 is 15.2 Å². The molecule has 3 N–H and O–H groups in total. The highest BCUT2D eigenvalue weighted by Gasteiger charge is 2.15. The van der Waals surface area contributed by atoms with E-state index in [4.69, 9.17) is 15.2 Å². The van der Waals surface area contributed by atoms with Crippen molar-refractivity contribution >= 4 is 15.7 Å². The molecule has 0 saturated carbocycles. The molecule has 0 aromatic heterocycles. The summed E-state index contributed by atoms with van der Waals surface area (Å²) in [6.07, 6.45) is 0.962. The molecule has 1 aromatic carbocycles. The molecule has 0 spiro atoms. The Labute approximate surface area is 113 Å². The molecule has 0 atom stereocenters. The van der Waals surface area contributed by atoms with Crippen LogP contribution in [0.4, 0.5) is 5.69 Å². The Hall–Kier alpha value is -1.31. The van der Waals surface area contributed by atoms with E-state index < -0.39 is 10.0 Å². The van der Waals surface area contributed by atoms with Gasteiger partial charge in [0.25, 0.3) is 0 Å². The number of rotatable bonds is 8. The van der Waals surface area contributed by atoms with Crippen molar-refractivity contribution in [3.63, 3.8) is 0 Å². The summed E-state index contributed by atoms with van der Waals surface area (Å²) in [5, 5.41) is 0. The van der Waals surface area contributed by atoms with Gasteiger partial charge in [-0.15, -0.1) is 0 Å². The lowest BCUT2D eigenvalue weighted by atomic mass is 10.3. The highest BCUT2D eigenvalue weighted by atomic mass is 32.2. The van der Waals surface area contributed by atoms with Gasteiger partial charge in [-0.3, -0.25) is 0 Å². The minimum atomic E-state index is -3.53. The molecule has 1 aromatic rings. The fourth-order valence-corrected chi connectivity index (χ4v) is 2.27. The molecule has 0 saturated heterocycles. The SMILES string of the molecule is CCCOCCOc1ccc(S(=O)(=O)NC)c(N)c1. The highest BCUT2D eigenvalue weighted by Crippen LogP contribution is 2.23. The molecule has 108 valence electrons. The van der Waals surface area contributed by atoms with E-state index in [1.807, 2.05) is 6.92 Å². The third kappa shape index (κ3) is 4.70. The summed E-state index contributed by atoms with van der Waals surface area (Å²) in [7, 11) is -2.20. The van der Waals surface area contributed by atoms with E-state index in [2.05, 4.69) is 4.72 Å². The average molecular weight is 288 g/mol. The number of nitrogens with two attached hydrogens (primary N) is 1. The summed E-state index contributed by atoms with van der Waals surface area (Å²) >= 11 is 0. The Morgan fingerprint density at radius 1 is 1.26 bits per heavy atom. The van der Waals surface area contributed by atoms with Crippen LogP contribution in [0.3, 0.4) is 0 Å². The number of anilines is 1. The van der Waals surface area contributed by atoms with Crippen LogP contribution in [0.15, 0.2) is 23.1 Å². The zero-order valence-electron chi connectivity index (χ0n) is 11.2. The smallest absolute Gasteiger partial charge is 0.242 e. The van der Waals surface area contributed by atoms with Gasteiger partial charge in [-0.05, 0) is 25.6 Å². The zero-order chi connectivity index (χ0) is 14.3. The quantitative estimate of drug-likeness (QED) is 0.550. The Morgan fingerprint density at radius 2 is 2.00 bits per heavy atom. The van der Waals surface area contributed by atoms with Crippen LogP contribution in [0.25, 0.3) is 0 Å². The second-order valence-electron chi connectivity index (χ2n) is 3.87. The Kier molecular flexibility index (Phi) is 6.07. The summed E-state index contributed by atoms with van der Waals surface area (Å²) < 4.78 is 36.1. The molecule has 0 aliphatic rings. The van der Waals surface area contributed by atoms with Gasteiger partial charge in [0.05, 0.1) is 12.3 Å². The van der Waals surface area contributed by atoms with Crippen molar-refractivity contribution in [1.82, 2.24) is 4.72 Å². The number of hydrogen-bond donors (Lipinski definition) is 2. The number of nitrogens with one attached hydrogen (secondary N) is 1. The molecular weight excluding hydrogens is 268 g/mol. The molecule has 0 fully saturated rings. The van der Waals surface area contributed by atoms with Gasteiger partial charge in [-0.1, -0.05) is 6.92 Å². The second kappa shape index (κ2) is 7.32. The van der Waals surface area contributed by atoms with E-state index in [1.165, 1.54) is 19.2 Å². The lowest BCUT2D eigenvalue weighted by molar-refractivity contribution is 0.101. The Bertz CT molecular complexity index is 502. The van der Waals surface area contributed by atoms with E-state index >= 15 is 0 Å². The number of hydrogen-bond acceptors (Lipinski definition) is 5. The van der Waals surface area contributed by atoms with Gasteiger partial charge in [0.2, 0.25) is 10.0 Å². The monoisotopic (exact) mass is 288 g/mol. The van der Waals surface area contributed by atoms with E-state index in [0.717, 1.165) is 6.42 Å². The van der Waals surface area contributed by atoms with E-state index in [9.17, 15) is 8.42 Å². The van der Waals surface area contributed by atoms with Gasteiger partial charge in [0, 0.05) is 12.7 Å². The summed E-state index contributed by atoms with van der Waals surface area (Å²) in [4.78, 5) is 0.0459. The van der Waals surface area contributed by atoms with Crippen molar-refractivity contribution in [1.29, 1.82) is 0 Å². The normalized spacial score (nSPS) is 11.5. The van der Waals surface area contributed by atoms with E-state index in [0.29, 0.717) is 25.6 Å². The molecule has 7 heteroatoms. The zero-order valence-corrected chi connectivity index (χ0v) is 12.0. The summed E-state index contributed by atoms with van der Waals surface area (Å²) in [5.41, 5.74) is 5.86. The predicted octanol–water partition coefficient (Wildman–Crippen LogP) is 0.982. The van der Waals surface area contributed by atoms with E-state index in [-0.39, 0.29) is 10.6 Å².